The highest BCUT2D eigenvalue weighted by Gasteiger charge is 2.17. The molecule has 1 aromatic carbocycles. The van der Waals surface area contributed by atoms with Gasteiger partial charge in [-0.25, -0.2) is 0 Å². The molecule has 0 aliphatic carbocycles. The van der Waals surface area contributed by atoms with Crippen LogP contribution in [-0.4, -0.2) is 12.0 Å². The largest absolute Gasteiger partial charge is 0.496 e. The van der Waals surface area contributed by atoms with E-state index in [9.17, 15) is 10.1 Å². The van der Waals surface area contributed by atoms with E-state index in [1.54, 1.807) is 6.07 Å². The fourth-order valence-corrected chi connectivity index (χ4v) is 1.29. The van der Waals surface area contributed by atoms with Crippen molar-refractivity contribution in [2.45, 2.75) is 6.54 Å². The van der Waals surface area contributed by atoms with Gasteiger partial charge in [0.15, 0.2) is 0 Å². The highest BCUT2D eigenvalue weighted by atomic mass is 35.5. The second kappa shape index (κ2) is 4.26. The predicted octanol–water partition coefficient (Wildman–Crippen LogP) is 1.72. The van der Waals surface area contributed by atoms with E-state index in [-0.39, 0.29) is 17.3 Å². The van der Waals surface area contributed by atoms with Gasteiger partial charge in [-0.3, -0.25) is 10.1 Å². The molecule has 6 heteroatoms. The van der Waals surface area contributed by atoms with Gasteiger partial charge in [-0.15, -0.1) is 0 Å². The first-order valence-corrected chi connectivity index (χ1v) is 4.18. The number of hydrogen-bond donors (Lipinski definition) is 1. The summed E-state index contributed by atoms with van der Waals surface area (Å²) >= 11 is 5.76. The third-order valence-corrected chi connectivity index (χ3v) is 2.19. The van der Waals surface area contributed by atoms with Gasteiger partial charge in [-0.1, -0.05) is 11.6 Å². The Balaban J connectivity index is 3.34. The van der Waals surface area contributed by atoms with E-state index in [0.29, 0.717) is 11.3 Å². The lowest BCUT2D eigenvalue weighted by Gasteiger charge is -2.05. The Morgan fingerprint density at radius 2 is 2.29 bits per heavy atom. The molecule has 1 rings (SSSR count). The first kappa shape index (κ1) is 10.7. The van der Waals surface area contributed by atoms with Gasteiger partial charge in [0.05, 0.1) is 18.1 Å². The monoisotopic (exact) mass is 216 g/mol. The Hall–Kier alpha value is -1.33. The first-order chi connectivity index (χ1) is 6.60. The molecule has 1 aromatic rings. The molecule has 0 aromatic heterocycles. The minimum absolute atomic E-state index is 0.0679. The average molecular weight is 217 g/mol. The van der Waals surface area contributed by atoms with Gasteiger partial charge in [-0.05, 0) is 11.6 Å². The molecule has 0 saturated heterocycles. The molecule has 0 aliphatic rings. The summed E-state index contributed by atoms with van der Waals surface area (Å²) in [5.74, 6) is 0.376. The summed E-state index contributed by atoms with van der Waals surface area (Å²) in [7, 11) is 1.42. The van der Waals surface area contributed by atoms with Gasteiger partial charge in [-0.2, -0.15) is 0 Å². The maximum atomic E-state index is 10.6. The summed E-state index contributed by atoms with van der Waals surface area (Å²) in [6.45, 7) is 0.136. The number of rotatable bonds is 3. The zero-order valence-corrected chi connectivity index (χ0v) is 8.25. The van der Waals surface area contributed by atoms with Crippen molar-refractivity contribution in [1.82, 2.24) is 0 Å². The van der Waals surface area contributed by atoms with Crippen molar-refractivity contribution in [2.24, 2.45) is 5.73 Å². The Labute approximate surface area is 85.6 Å². The van der Waals surface area contributed by atoms with Gasteiger partial charge in [0.25, 0.3) is 5.69 Å². The summed E-state index contributed by atoms with van der Waals surface area (Å²) in [4.78, 5) is 10.0. The molecule has 2 N–H and O–H groups in total. The molecule has 0 radical (unpaired) electrons. The molecule has 0 heterocycles. The first-order valence-electron chi connectivity index (χ1n) is 3.81. The van der Waals surface area contributed by atoms with Gasteiger partial charge < -0.3 is 10.5 Å². The number of ether oxygens (including phenoxy) is 1. The fraction of sp³-hybridized carbons (Fsp3) is 0.250. The topological polar surface area (TPSA) is 78.4 Å². The van der Waals surface area contributed by atoms with Crippen LogP contribution < -0.4 is 10.5 Å². The Morgan fingerprint density at radius 3 is 2.71 bits per heavy atom. The minimum atomic E-state index is -0.565. The summed E-state index contributed by atoms with van der Waals surface area (Å²) < 4.78 is 4.88. The summed E-state index contributed by atoms with van der Waals surface area (Å²) in [6, 6.07) is 2.84. The normalized spacial score (nSPS) is 9.93. The van der Waals surface area contributed by atoms with Gasteiger partial charge in [0, 0.05) is 6.54 Å². The number of nitro benzene ring substituents is 1. The molecule has 0 saturated carbocycles. The Kier molecular flexibility index (Phi) is 3.27. The van der Waals surface area contributed by atoms with Crippen molar-refractivity contribution in [2.75, 3.05) is 7.11 Å². The lowest BCUT2D eigenvalue weighted by molar-refractivity contribution is -0.384. The van der Waals surface area contributed by atoms with Crippen LogP contribution in [0.3, 0.4) is 0 Å². The molecule has 5 nitrogen and oxygen atoms in total. The number of benzene rings is 1. The number of nitrogens with two attached hydrogens (primary N) is 1. The third kappa shape index (κ3) is 1.94. The molecule has 0 fully saturated rings. The summed E-state index contributed by atoms with van der Waals surface area (Å²) in [6.07, 6.45) is 0. The quantitative estimate of drug-likeness (QED) is 0.616. The van der Waals surface area contributed by atoms with Crippen LogP contribution in [-0.2, 0) is 6.54 Å². The van der Waals surface area contributed by atoms with Crippen molar-refractivity contribution in [3.63, 3.8) is 0 Å². The van der Waals surface area contributed by atoms with E-state index in [4.69, 9.17) is 22.1 Å². The molecule has 0 atom stereocenters. The predicted molar refractivity (Wildman–Crippen MR) is 52.5 cm³/mol. The summed E-state index contributed by atoms with van der Waals surface area (Å²) in [5.41, 5.74) is 5.69. The van der Waals surface area contributed by atoms with E-state index < -0.39 is 4.92 Å². The van der Waals surface area contributed by atoms with E-state index >= 15 is 0 Å². The lowest BCUT2D eigenvalue weighted by Crippen LogP contribution is -2.01. The summed E-state index contributed by atoms with van der Waals surface area (Å²) in [5, 5.41) is 10.7. The smallest absolute Gasteiger partial charge is 0.291 e. The molecule has 0 aliphatic heterocycles. The van der Waals surface area contributed by atoms with Crippen LogP contribution in [0.15, 0.2) is 12.1 Å². The van der Waals surface area contributed by atoms with E-state index in [1.165, 1.54) is 13.2 Å². The van der Waals surface area contributed by atoms with Crippen molar-refractivity contribution in [3.05, 3.63) is 32.8 Å². The SMILES string of the molecule is COc1cc(CN)c(Cl)c([N+](=O)[O-])c1. The highest BCUT2D eigenvalue weighted by Crippen LogP contribution is 2.32. The number of methoxy groups -OCH3 is 1. The van der Waals surface area contributed by atoms with Crippen molar-refractivity contribution in [1.29, 1.82) is 0 Å². The third-order valence-electron chi connectivity index (χ3n) is 1.75. The second-order valence-electron chi connectivity index (χ2n) is 2.58. The molecular formula is C8H9ClN2O3. The number of nitrogens with zero attached hydrogens (tertiary/aromatic N) is 1. The van der Waals surface area contributed by atoms with Crippen molar-refractivity contribution < 1.29 is 9.66 Å². The molecule has 14 heavy (non-hydrogen) atoms. The van der Waals surface area contributed by atoms with Crippen molar-refractivity contribution >= 4 is 17.3 Å². The van der Waals surface area contributed by atoms with Crippen LogP contribution in [0.2, 0.25) is 5.02 Å². The van der Waals surface area contributed by atoms with E-state index in [0.717, 1.165) is 0 Å². The lowest BCUT2D eigenvalue weighted by atomic mass is 10.2. The van der Waals surface area contributed by atoms with Gasteiger partial charge >= 0.3 is 0 Å². The van der Waals surface area contributed by atoms with E-state index in [1.807, 2.05) is 0 Å². The number of halogens is 1. The molecule has 0 bridgehead atoms. The van der Waals surface area contributed by atoms with Crippen LogP contribution in [0.25, 0.3) is 0 Å². The second-order valence-corrected chi connectivity index (χ2v) is 2.96. The molecule has 0 unspecified atom stereocenters. The van der Waals surface area contributed by atoms with Crippen LogP contribution in [0.1, 0.15) is 5.56 Å². The van der Waals surface area contributed by atoms with E-state index in [2.05, 4.69) is 0 Å². The van der Waals surface area contributed by atoms with Crippen LogP contribution in [0.4, 0.5) is 5.69 Å². The number of nitro groups is 1. The molecule has 0 amide bonds. The average Bonchev–Trinajstić information content (AvgIpc) is 2.17. The standard InChI is InChI=1S/C8H9ClN2O3/c1-14-6-2-5(4-10)8(9)7(3-6)11(12)13/h2-3H,4,10H2,1H3. The maximum Gasteiger partial charge on any atom is 0.291 e. The van der Waals surface area contributed by atoms with Crippen LogP contribution >= 0.6 is 11.6 Å². The molecular weight excluding hydrogens is 208 g/mol. The number of hydrogen-bond acceptors (Lipinski definition) is 4. The Bertz CT molecular complexity index is 368. The van der Waals surface area contributed by atoms with Gasteiger partial charge in [0.1, 0.15) is 10.8 Å². The fourth-order valence-electron chi connectivity index (χ4n) is 1.04. The Morgan fingerprint density at radius 1 is 1.64 bits per heavy atom. The molecule has 0 spiro atoms. The zero-order valence-electron chi connectivity index (χ0n) is 7.49. The zero-order chi connectivity index (χ0) is 10.7. The minimum Gasteiger partial charge on any atom is -0.496 e. The van der Waals surface area contributed by atoms with Crippen LogP contribution in [0.5, 0.6) is 5.75 Å². The maximum absolute atomic E-state index is 10.6. The van der Waals surface area contributed by atoms with Crippen LogP contribution in [0, 0.1) is 10.1 Å². The highest BCUT2D eigenvalue weighted by molar-refractivity contribution is 6.33. The van der Waals surface area contributed by atoms with Gasteiger partial charge in [0.2, 0.25) is 0 Å². The molecule has 76 valence electrons. The van der Waals surface area contributed by atoms with Crippen molar-refractivity contribution in [3.8, 4) is 5.75 Å².